The maximum atomic E-state index is 13.7. The Morgan fingerprint density at radius 1 is 0.857 bits per heavy atom. The van der Waals surface area contributed by atoms with Gasteiger partial charge in [-0.1, -0.05) is 93.6 Å². The summed E-state index contributed by atoms with van der Waals surface area (Å²) in [5.74, 6) is 1.11. The molecule has 294 valence electrons. The van der Waals surface area contributed by atoms with E-state index in [0.717, 1.165) is 16.7 Å². The summed E-state index contributed by atoms with van der Waals surface area (Å²) in [7, 11) is 0.986. The van der Waals surface area contributed by atoms with Crippen molar-refractivity contribution in [2.24, 2.45) is 0 Å². The van der Waals surface area contributed by atoms with Crippen molar-refractivity contribution in [1.29, 1.82) is 0 Å². The van der Waals surface area contributed by atoms with Crippen LogP contribution < -0.4 is 20.5 Å². The molecule has 56 heavy (non-hydrogen) atoms. The van der Waals surface area contributed by atoms with Gasteiger partial charge >= 0.3 is 5.69 Å². The van der Waals surface area contributed by atoms with E-state index in [4.69, 9.17) is 23.4 Å². The van der Waals surface area contributed by atoms with Gasteiger partial charge in [-0.2, -0.15) is 4.98 Å². The van der Waals surface area contributed by atoms with E-state index in [1.54, 1.807) is 44.7 Å². The molecule has 0 unspecified atom stereocenters. The summed E-state index contributed by atoms with van der Waals surface area (Å²) in [4.78, 5) is 31.2. The van der Waals surface area contributed by atoms with Crippen LogP contribution in [0.5, 0.6) is 11.5 Å². The molecule has 1 amide bonds. The smallest absolute Gasteiger partial charge is 0.351 e. The van der Waals surface area contributed by atoms with Crippen LogP contribution in [0.1, 0.15) is 66.0 Å². The lowest BCUT2D eigenvalue weighted by atomic mass is 9.80. The number of carbonyl (C=O) groups is 1. The molecule has 0 aliphatic carbocycles. The van der Waals surface area contributed by atoms with E-state index in [2.05, 4.69) is 44.2 Å². The first kappa shape index (κ1) is 40.5. The Kier molecular flexibility index (Phi) is 12.3. The molecule has 1 fully saturated rings. The van der Waals surface area contributed by atoms with Crippen LogP contribution in [0.25, 0.3) is 0 Å². The zero-order chi connectivity index (χ0) is 40.1. The molecule has 1 aliphatic heterocycles. The van der Waals surface area contributed by atoms with Crippen molar-refractivity contribution < 1.29 is 33.3 Å². The van der Waals surface area contributed by atoms with Crippen molar-refractivity contribution in [3.05, 3.63) is 154 Å². The van der Waals surface area contributed by atoms with E-state index in [9.17, 15) is 14.7 Å². The van der Waals surface area contributed by atoms with E-state index in [-0.39, 0.29) is 30.5 Å². The fourth-order valence-corrected chi connectivity index (χ4v) is 7.44. The molecule has 2 N–H and O–H groups in total. The lowest BCUT2D eigenvalue weighted by Gasteiger charge is -2.37. The van der Waals surface area contributed by atoms with Gasteiger partial charge in [0.1, 0.15) is 35.2 Å². The molecular weight excluding hydrogens is 727 g/mol. The molecule has 2 heterocycles. The van der Waals surface area contributed by atoms with Crippen LogP contribution in [0.15, 0.2) is 120 Å². The Balaban J connectivity index is 1.32. The molecule has 6 rings (SSSR count). The number of amides is 1. The number of carbonyl (C=O) groups excluding carboxylic acids is 1. The lowest BCUT2D eigenvalue weighted by molar-refractivity contribution is -0.0944. The normalized spacial score (nSPS) is 17.4. The minimum absolute atomic E-state index is 0.0284. The Hall–Kier alpha value is -5.11. The summed E-state index contributed by atoms with van der Waals surface area (Å²) in [5.41, 5.74) is 1.69. The second kappa shape index (κ2) is 16.9. The number of anilines is 1. The SMILES string of the molecule is COc1ccc(C(OC[C@H]2O[C@@H](n3cc(CO[Si](C)(C)C(C)(C)C)c(NC(=O)c4ccccc4)nc3=O)C[C@@H]2O)(c2ccccc2)c2ccc(OC)cc2)cc1. The van der Waals surface area contributed by atoms with Crippen molar-refractivity contribution in [3.8, 4) is 11.5 Å². The molecule has 0 bridgehead atoms. The number of aromatic nitrogens is 2. The average Bonchev–Trinajstić information content (AvgIpc) is 3.58. The van der Waals surface area contributed by atoms with Crippen molar-refractivity contribution in [2.45, 2.75) is 76.0 Å². The van der Waals surface area contributed by atoms with E-state index >= 15 is 0 Å². The van der Waals surface area contributed by atoms with E-state index in [1.165, 1.54) is 4.57 Å². The van der Waals surface area contributed by atoms with Gasteiger partial charge in [0.2, 0.25) is 0 Å². The Bertz CT molecular complexity index is 2090. The molecule has 1 aromatic heterocycles. The number of rotatable bonds is 14. The molecular formula is C44H51N3O8Si. The first-order valence-corrected chi connectivity index (χ1v) is 21.6. The summed E-state index contributed by atoms with van der Waals surface area (Å²) in [6, 6.07) is 34.0. The van der Waals surface area contributed by atoms with Crippen LogP contribution in [0.4, 0.5) is 5.82 Å². The van der Waals surface area contributed by atoms with Gasteiger partial charge in [0, 0.05) is 23.7 Å². The van der Waals surface area contributed by atoms with Gasteiger partial charge in [0.15, 0.2) is 8.32 Å². The van der Waals surface area contributed by atoms with Crippen molar-refractivity contribution >= 4 is 20.0 Å². The number of aliphatic hydroxyl groups excluding tert-OH is 1. The van der Waals surface area contributed by atoms with Gasteiger partial charge in [-0.25, -0.2) is 4.79 Å². The standard InChI is InChI=1S/C44H51N3O8Si/c1-43(2,3)56(6,7)54-28-31-27-47(42(50)46-40(31)45-41(49)30-14-10-8-11-15-30)39-26-37(48)38(55-39)29-53-44(32-16-12-9-13-17-32,33-18-22-35(51-4)23-19-33)34-20-24-36(52-5)25-21-34/h8-25,27,37-39,48H,26,28-29H2,1-7H3,(H,45,46,49,50)/t37-,38+,39+/m0/s1. The second-order valence-corrected chi connectivity index (χ2v) is 20.2. The van der Waals surface area contributed by atoms with Crippen LogP contribution >= 0.6 is 0 Å². The van der Waals surface area contributed by atoms with Gasteiger partial charge in [-0.15, -0.1) is 0 Å². The summed E-state index contributed by atoms with van der Waals surface area (Å²) < 4.78 is 32.3. The highest BCUT2D eigenvalue weighted by atomic mass is 28.4. The van der Waals surface area contributed by atoms with Crippen molar-refractivity contribution in [1.82, 2.24) is 9.55 Å². The number of aliphatic hydroxyl groups is 1. The molecule has 12 heteroatoms. The van der Waals surface area contributed by atoms with Gasteiger partial charge < -0.3 is 33.8 Å². The third-order valence-electron chi connectivity index (χ3n) is 10.8. The van der Waals surface area contributed by atoms with Crippen molar-refractivity contribution in [2.75, 3.05) is 26.1 Å². The molecule has 11 nitrogen and oxygen atoms in total. The molecule has 1 aliphatic rings. The third-order valence-corrected chi connectivity index (χ3v) is 15.3. The lowest BCUT2D eigenvalue weighted by Crippen LogP contribution is -2.40. The Morgan fingerprint density at radius 3 is 1.93 bits per heavy atom. The zero-order valence-corrected chi connectivity index (χ0v) is 34.0. The summed E-state index contributed by atoms with van der Waals surface area (Å²) in [6.45, 7) is 10.8. The van der Waals surface area contributed by atoms with Gasteiger partial charge in [-0.05, 0) is 71.2 Å². The molecule has 0 saturated carbocycles. The first-order valence-electron chi connectivity index (χ1n) is 18.7. The summed E-state index contributed by atoms with van der Waals surface area (Å²) in [5, 5.41) is 14.2. The highest BCUT2D eigenvalue weighted by Gasteiger charge is 2.43. The summed E-state index contributed by atoms with van der Waals surface area (Å²) in [6.07, 6.45) is -0.922. The predicted molar refractivity (Wildman–Crippen MR) is 218 cm³/mol. The molecule has 1 saturated heterocycles. The summed E-state index contributed by atoms with van der Waals surface area (Å²) >= 11 is 0. The monoisotopic (exact) mass is 777 g/mol. The quantitative estimate of drug-likeness (QED) is 0.0861. The maximum absolute atomic E-state index is 13.7. The number of nitrogens with one attached hydrogen (secondary N) is 1. The highest BCUT2D eigenvalue weighted by molar-refractivity contribution is 6.74. The van der Waals surface area contributed by atoms with E-state index in [0.29, 0.717) is 22.6 Å². The minimum atomic E-state index is -2.25. The highest BCUT2D eigenvalue weighted by Crippen LogP contribution is 2.43. The van der Waals surface area contributed by atoms with Crippen LogP contribution in [0.2, 0.25) is 18.1 Å². The fourth-order valence-electron chi connectivity index (χ4n) is 6.49. The van der Waals surface area contributed by atoms with Crippen LogP contribution in [0.3, 0.4) is 0 Å². The van der Waals surface area contributed by atoms with E-state index < -0.39 is 44.0 Å². The van der Waals surface area contributed by atoms with Crippen LogP contribution in [-0.4, -0.2) is 61.9 Å². The van der Waals surface area contributed by atoms with Gasteiger partial charge in [0.25, 0.3) is 5.91 Å². The molecule has 3 atom stereocenters. The number of ether oxygens (including phenoxy) is 4. The second-order valence-electron chi connectivity index (χ2n) is 15.4. The maximum Gasteiger partial charge on any atom is 0.351 e. The largest absolute Gasteiger partial charge is 0.497 e. The van der Waals surface area contributed by atoms with Crippen LogP contribution in [0, 0.1) is 0 Å². The first-order chi connectivity index (χ1) is 26.8. The molecule has 4 aromatic carbocycles. The number of nitrogens with zero attached hydrogens (tertiary/aromatic N) is 2. The van der Waals surface area contributed by atoms with Gasteiger partial charge in [0.05, 0.1) is 33.5 Å². The molecule has 0 radical (unpaired) electrons. The molecule has 5 aromatic rings. The molecule has 0 spiro atoms. The Morgan fingerprint density at radius 2 is 1.39 bits per heavy atom. The minimum Gasteiger partial charge on any atom is -0.497 e. The van der Waals surface area contributed by atoms with Crippen molar-refractivity contribution in [3.63, 3.8) is 0 Å². The Labute approximate surface area is 329 Å². The number of hydrogen-bond donors (Lipinski definition) is 2. The predicted octanol–water partition coefficient (Wildman–Crippen LogP) is 7.69. The van der Waals surface area contributed by atoms with Crippen LogP contribution in [-0.2, 0) is 26.1 Å². The number of benzene rings is 4. The number of methoxy groups -OCH3 is 2. The average molecular weight is 778 g/mol. The topological polar surface area (TPSA) is 130 Å². The fraction of sp³-hybridized carbons (Fsp3) is 0.341. The van der Waals surface area contributed by atoms with Gasteiger partial charge in [-0.3, -0.25) is 9.36 Å². The number of hydrogen-bond acceptors (Lipinski definition) is 9. The third kappa shape index (κ3) is 8.64. The van der Waals surface area contributed by atoms with E-state index in [1.807, 2.05) is 84.9 Å². The zero-order valence-electron chi connectivity index (χ0n) is 33.0.